The van der Waals surface area contributed by atoms with Crippen LogP contribution in [0.5, 0.6) is 0 Å². The van der Waals surface area contributed by atoms with Gasteiger partial charge in [0.2, 0.25) is 11.8 Å². The second-order valence-corrected chi connectivity index (χ2v) is 10.9. The van der Waals surface area contributed by atoms with Gasteiger partial charge in [0, 0.05) is 25.8 Å². The first-order valence-corrected chi connectivity index (χ1v) is 14.8. The second kappa shape index (κ2) is 20.6. The third-order valence-corrected chi connectivity index (χ3v) is 7.45. The molecule has 0 aliphatic carbocycles. The average Bonchev–Trinajstić information content (AvgIpc) is 3.54. The van der Waals surface area contributed by atoms with Crippen molar-refractivity contribution >= 4 is 46.3 Å². The van der Waals surface area contributed by atoms with Gasteiger partial charge in [-0.25, -0.2) is 4.79 Å². The first-order valence-electron chi connectivity index (χ1n) is 13.6. The number of epoxide rings is 1. The molecule has 1 fully saturated rings. The van der Waals surface area contributed by atoms with Gasteiger partial charge < -0.3 is 25.6 Å². The summed E-state index contributed by atoms with van der Waals surface area (Å²) < 4.78 is 5.33. The van der Waals surface area contributed by atoms with Crippen LogP contribution in [0.15, 0.2) is 0 Å². The summed E-state index contributed by atoms with van der Waals surface area (Å²) in [5.41, 5.74) is 0. The van der Waals surface area contributed by atoms with Crippen LogP contribution in [-0.2, 0) is 23.9 Å². The highest BCUT2D eigenvalue weighted by Crippen LogP contribution is 2.27. The number of nitrogens with one attached hydrogen (secondary N) is 2. The molecule has 1 saturated heterocycles. The van der Waals surface area contributed by atoms with Gasteiger partial charge in [-0.2, -0.15) is 0 Å². The van der Waals surface area contributed by atoms with Crippen molar-refractivity contribution < 1.29 is 34.1 Å². The Balaban J connectivity index is 1.91. The highest BCUT2D eigenvalue weighted by Gasteiger charge is 2.36. The molecule has 2 amide bonds. The van der Waals surface area contributed by atoms with Gasteiger partial charge in [0.15, 0.2) is 0 Å². The third-order valence-electron chi connectivity index (χ3n) is 6.36. The van der Waals surface area contributed by atoms with Gasteiger partial charge in [0.05, 0.1) is 0 Å². The van der Waals surface area contributed by atoms with Crippen molar-refractivity contribution in [2.45, 2.75) is 132 Å². The Bertz CT molecular complexity index is 662. The van der Waals surface area contributed by atoms with Gasteiger partial charge >= 0.3 is 11.9 Å². The van der Waals surface area contributed by atoms with E-state index in [0.29, 0.717) is 13.0 Å². The molecule has 0 saturated carbocycles. The minimum atomic E-state index is -1.12. The molecule has 0 spiro atoms. The van der Waals surface area contributed by atoms with E-state index in [1.165, 1.54) is 44.9 Å². The molecule has 0 aromatic heterocycles. The van der Waals surface area contributed by atoms with Crippen LogP contribution in [0.3, 0.4) is 0 Å². The lowest BCUT2D eigenvalue weighted by Crippen LogP contribution is -2.41. The number of carboxylic acids is 2. The molecular weight excluding hydrogens is 579 g/mol. The van der Waals surface area contributed by atoms with Gasteiger partial charge in [-0.3, -0.25) is 14.4 Å². The Morgan fingerprint density at radius 2 is 1.14 bits per heavy atom. The Hall–Kier alpha value is -1.43. The number of alkyl halides is 1. The number of halogens is 1. The maximum Gasteiger partial charge on any atom is 0.326 e. The number of ether oxygens (including phenoxy) is 1. The fourth-order valence-corrected chi connectivity index (χ4v) is 4.68. The number of rotatable bonds is 24. The highest BCUT2D eigenvalue weighted by atomic mass is 127. The minimum absolute atomic E-state index is 0.0367. The van der Waals surface area contributed by atoms with Crippen LogP contribution < -0.4 is 10.6 Å². The largest absolute Gasteiger partial charge is 0.481 e. The second-order valence-electron chi connectivity index (χ2n) is 9.67. The number of hydrogen-bond donors (Lipinski definition) is 4. The van der Waals surface area contributed by atoms with Crippen molar-refractivity contribution in [3.8, 4) is 0 Å². The Morgan fingerprint density at radius 1 is 0.694 bits per heavy atom. The van der Waals surface area contributed by atoms with E-state index in [1.807, 2.05) is 0 Å². The third kappa shape index (κ3) is 18.8. The van der Waals surface area contributed by atoms with Crippen LogP contribution in [0.4, 0.5) is 0 Å². The maximum absolute atomic E-state index is 12.1. The zero-order valence-electron chi connectivity index (χ0n) is 21.5. The van der Waals surface area contributed by atoms with Crippen LogP contribution in [0.25, 0.3) is 0 Å². The zero-order chi connectivity index (χ0) is 26.6. The average molecular weight is 625 g/mol. The summed E-state index contributed by atoms with van der Waals surface area (Å²) >= 11 is 2.14. The molecular formula is C26H45IN2O7. The summed E-state index contributed by atoms with van der Waals surface area (Å²) in [5.74, 6) is -2.33. The monoisotopic (exact) mass is 624 g/mol. The minimum Gasteiger partial charge on any atom is -0.481 e. The van der Waals surface area contributed by atoms with Crippen molar-refractivity contribution in [3.05, 3.63) is 0 Å². The number of hydrogen-bond acceptors (Lipinski definition) is 5. The quantitative estimate of drug-likeness (QED) is 0.0515. The molecule has 10 heteroatoms. The van der Waals surface area contributed by atoms with Crippen LogP contribution in [0.1, 0.15) is 116 Å². The molecule has 1 rings (SSSR count). The standard InChI is InChI=1S/C26H45IN2O7/c27-25-21(36-25)19-28-22(30)18-17-20(26(34)35)29-23(31)15-13-11-9-7-5-3-1-2-4-6-8-10-12-14-16-24(32)33/h20-21,25H,1-19H2,(H,28,30)(H,29,31)(H,32,33)(H,34,35)/t20-,21?,25?/m0/s1. The normalized spacial score (nSPS) is 17.4. The van der Waals surface area contributed by atoms with E-state index in [1.54, 1.807) is 0 Å². The van der Waals surface area contributed by atoms with Gasteiger partial charge in [-0.05, 0) is 41.9 Å². The zero-order valence-corrected chi connectivity index (χ0v) is 23.6. The predicted octanol–water partition coefficient (Wildman–Crippen LogP) is 4.94. The molecule has 4 N–H and O–H groups in total. The van der Waals surface area contributed by atoms with Crippen molar-refractivity contribution in [1.29, 1.82) is 0 Å². The number of carbonyl (C=O) groups excluding carboxylic acids is 2. The van der Waals surface area contributed by atoms with E-state index in [-0.39, 0.29) is 41.3 Å². The number of carboxylic acid groups (broad SMARTS) is 2. The van der Waals surface area contributed by atoms with E-state index in [2.05, 4.69) is 33.2 Å². The van der Waals surface area contributed by atoms with E-state index in [0.717, 1.165) is 44.9 Å². The Kier molecular flexibility index (Phi) is 18.7. The van der Waals surface area contributed by atoms with E-state index in [9.17, 15) is 24.3 Å². The molecule has 9 nitrogen and oxygen atoms in total. The van der Waals surface area contributed by atoms with E-state index >= 15 is 0 Å². The van der Waals surface area contributed by atoms with Crippen LogP contribution in [0, 0.1) is 0 Å². The molecule has 36 heavy (non-hydrogen) atoms. The lowest BCUT2D eigenvalue weighted by molar-refractivity contribution is -0.142. The van der Waals surface area contributed by atoms with Crippen LogP contribution >= 0.6 is 22.6 Å². The fraction of sp³-hybridized carbons (Fsp3) is 0.846. The van der Waals surface area contributed by atoms with Crippen molar-refractivity contribution in [2.75, 3.05) is 6.54 Å². The van der Waals surface area contributed by atoms with E-state index < -0.39 is 18.0 Å². The van der Waals surface area contributed by atoms with Crippen molar-refractivity contribution in [3.63, 3.8) is 0 Å². The summed E-state index contributed by atoms with van der Waals surface area (Å²) in [5, 5.41) is 23.2. The molecule has 0 radical (unpaired) electrons. The lowest BCUT2D eigenvalue weighted by atomic mass is 10.0. The maximum atomic E-state index is 12.1. The molecule has 1 aliphatic heterocycles. The lowest BCUT2D eigenvalue weighted by Gasteiger charge is -2.14. The smallest absolute Gasteiger partial charge is 0.326 e. The molecule has 1 heterocycles. The topological polar surface area (TPSA) is 145 Å². The van der Waals surface area contributed by atoms with Gasteiger partial charge in [0.1, 0.15) is 16.3 Å². The van der Waals surface area contributed by atoms with Gasteiger partial charge in [-0.15, -0.1) is 0 Å². The molecule has 0 aromatic carbocycles. The summed E-state index contributed by atoms with van der Waals surface area (Å²) in [4.78, 5) is 45.8. The van der Waals surface area contributed by atoms with E-state index in [4.69, 9.17) is 9.84 Å². The SMILES string of the molecule is O=C(O)CCCCCCCCCCCCCCCCC(=O)N[C@@H](CCC(=O)NCC1OC1I)C(=O)O. The Labute approximate surface area is 229 Å². The molecule has 3 atom stereocenters. The van der Waals surface area contributed by atoms with Crippen LogP contribution in [0.2, 0.25) is 0 Å². The number of unbranched alkanes of at least 4 members (excludes halogenated alkanes) is 13. The summed E-state index contributed by atoms with van der Waals surface area (Å²) in [6, 6.07) is -1.05. The molecule has 1 aliphatic rings. The van der Waals surface area contributed by atoms with Gasteiger partial charge in [0.25, 0.3) is 0 Å². The first kappa shape index (κ1) is 32.6. The summed E-state index contributed by atoms with van der Waals surface area (Å²) in [6.07, 6.45) is 16.3. The number of carbonyl (C=O) groups is 4. The summed E-state index contributed by atoms with van der Waals surface area (Å²) in [6.45, 7) is 0.426. The molecule has 2 unspecified atom stereocenters. The Morgan fingerprint density at radius 3 is 1.56 bits per heavy atom. The fourth-order valence-electron chi connectivity index (χ4n) is 4.05. The number of amides is 2. The predicted molar refractivity (Wildman–Crippen MR) is 146 cm³/mol. The van der Waals surface area contributed by atoms with Crippen LogP contribution in [-0.4, -0.2) is 56.8 Å². The highest BCUT2D eigenvalue weighted by molar-refractivity contribution is 14.1. The molecule has 0 bridgehead atoms. The summed E-state index contributed by atoms with van der Waals surface area (Å²) in [7, 11) is 0. The molecule has 0 aromatic rings. The van der Waals surface area contributed by atoms with Crippen molar-refractivity contribution in [2.24, 2.45) is 0 Å². The van der Waals surface area contributed by atoms with Gasteiger partial charge in [-0.1, -0.05) is 77.0 Å². The molecule has 208 valence electrons. The van der Waals surface area contributed by atoms with Crippen molar-refractivity contribution in [1.82, 2.24) is 10.6 Å². The number of aliphatic carboxylic acids is 2. The first-order chi connectivity index (χ1) is 17.3.